The van der Waals surface area contributed by atoms with E-state index in [-0.39, 0.29) is 5.56 Å². The molecule has 0 aliphatic heterocycles. The molecule has 0 saturated heterocycles. The van der Waals surface area contributed by atoms with Gasteiger partial charge in [0.05, 0.1) is 23.3 Å². The van der Waals surface area contributed by atoms with E-state index in [9.17, 15) is 9.18 Å². The SMILES string of the molecule is CNc1ncc(F)cc1C(=O)Nc1ccc(OC)c(Br)c1. The van der Waals surface area contributed by atoms with Gasteiger partial charge >= 0.3 is 0 Å². The van der Waals surface area contributed by atoms with Crippen LogP contribution in [0.5, 0.6) is 5.75 Å². The number of anilines is 2. The summed E-state index contributed by atoms with van der Waals surface area (Å²) >= 11 is 3.33. The molecule has 1 aromatic carbocycles. The molecule has 0 fully saturated rings. The van der Waals surface area contributed by atoms with Crippen LogP contribution in [0.15, 0.2) is 34.9 Å². The Labute approximate surface area is 129 Å². The van der Waals surface area contributed by atoms with Crippen molar-refractivity contribution in [2.45, 2.75) is 0 Å². The van der Waals surface area contributed by atoms with E-state index >= 15 is 0 Å². The number of pyridine rings is 1. The molecule has 110 valence electrons. The Bertz CT molecular complexity index is 679. The lowest BCUT2D eigenvalue weighted by Gasteiger charge is -2.10. The zero-order chi connectivity index (χ0) is 15.4. The van der Waals surface area contributed by atoms with E-state index in [0.717, 1.165) is 12.3 Å². The van der Waals surface area contributed by atoms with E-state index < -0.39 is 11.7 Å². The minimum Gasteiger partial charge on any atom is -0.496 e. The van der Waals surface area contributed by atoms with Gasteiger partial charge in [-0.1, -0.05) is 0 Å². The lowest BCUT2D eigenvalue weighted by Crippen LogP contribution is -2.15. The van der Waals surface area contributed by atoms with E-state index in [4.69, 9.17) is 4.74 Å². The van der Waals surface area contributed by atoms with Crippen molar-refractivity contribution >= 4 is 33.3 Å². The maximum Gasteiger partial charge on any atom is 0.259 e. The van der Waals surface area contributed by atoms with Gasteiger partial charge in [0.2, 0.25) is 0 Å². The van der Waals surface area contributed by atoms with Gasteiger partial charge in [0.1, 0.15) is 17.4 Å². The smallest absolute Gasteiger partial charge is 0.259 e. The van der Waals surface area contributed by atoms with Gasteiger partial charge in [-0.2, -0.15) is 0 Å². The van der Waals surface area contributed by atoms with Crippen LogP contribution in [0.25, 0.3) is 0 Å². The largest absolute Gasteiger partial charge is 0.496 e. The maximum atomic E-state index is 13.3. The summed E-state index contributed by atoms with van der Waals surface area (Å²) in [6.07, 6.45) is 1.05. The highest BCUT2D eigenvalue weighted by Gasteiger charge is 2.14. The maximum absolute atomic E-state index is 13.3. The van der Waals surface area contributed by atoms with Crippen LogP contribution in [0.4, 0.5) is 15.9 Å². The highest BCUT2D eigenvalue weighted by atomic mass is 79.9. The highest BCUT2D eigenvalue weighted by Crippen LogP contribution is 2.28. The summed E-state index contributed by atoms with van der Waals surface area (Å²) in [4.78, 5) is 16.0. The fraction of sp³-hybridized carbons (Fsp3) is 0.143. The quantitative estimate of drug-likeness (QED) is 0.885. The molecule has 2 N–H and O–H groups in total. The molecule has 0 aliphatic rings. The Morgan fingerprint density at radius 2 is 2.14 bits per heavy atom. The van der Waals surface area contributed by atoms with Crippen LogP contribution in [0.1, 0.15) is 10.4 Å². The van der Waals surface area contributed by atoms with Gasteiger partial charge in [-0.25, -0.2) is 9.37 Å². The van der Waals surface area contributed by atoms with Gasteiger partial charge in [-0.3, -0.25) is 4.79 Å². The molecular weight excluding hydrogens is 341 g/mol. The molecule has 2 aromatic rings. The number of aromatic nitrogens is 1. The second-order valence-corrected chi connectivity index (χ2v) is 4.96. The van der Waals surface area contributed by atoms with Crippen LogP contribution >= 0.6 is 15.9 Å². The fourth-order valence-corrected chi connectivity index (χ4v) is 2.29. The van der Waals surface area contributed by atoms with Crippen LogP contribution < -0.4 is 15.4 Å². The Hall–Kier alpha value is -2.15. The van der Waals surface area contributed by atoms with Crippen molar-refractivity contribution in [3.8, 4) is 5.75 Å². The molecule has 21 heavy (non-hydrogen) atoms. The zero-order valence-electron chi connectivity index (χ0n) is 11.4. The number of hydrogen-bond donors (Lipinski definition) is 2. The Balaban J connectivity index is 2.26. The number of methoxy groups -OCH3 is 1. The number of amides is 1. The number of carbonyl (C=O) groups is 1. The molecule has 1 amide bonds. The van der Waals surface area contributed by atoms with E-state index in [1.807, 2.05) is 0 Å². The summed E-state index contributed by atoms with van der Waals surface area (Å²) in [6.45, 7) is 0. The molecular formula is C14H13BrFN3O2. The number of benzene rings is 1. The molecule has 5 nitrogen and oxygen atoms in total. The van der Waals surface area contributed by atoms with E-state index in [2.05, 4.69) is 31.5 Å². The monoisotopic (exact) mass is 353 g/mol. The zero-order valence-corrected chi connectivity index (χ0v) is 13.0. The van der Waals surface area contributed by atoms with Crippen molar-refractivity contribution in [2.75, 3.05) is 24.8 Å². The molecule has 1 aromatic heterocycles. The topological polar surface area (TPSA) is 63.2 Å². The van der Waals surface area contributed by atoms with Crippen molar-refractivity contribution in [3.63, 3.8) is 0 Å². The van der Waals surface area contributed by atoms with Crippen molar-refractivity contribution < 1.29 is 13.9 Å². The van der Waals surface area contributed by atoms with Gasteiger partial charge in [-0.15, -0.1) is 0 Å². The first-order valence-corrected chi connectivity index (χ1v) is 6.82. The first-order valence-electron chi connectivity index (χ1n) is 6.03. The first-order chi connectivity index (χ1) is 10.0. The summed E-state index contributed by atoms with van der Waals surface area (Å²) in [6, 6.07) is 6.23. The molecule has 0 unspecified atom stereocenters. The molecule has 0 radical (unpaired) electrons. The van der Waals surface area contributed by atoms with Gasteiger partial charge in [0, 0.05) is 12.7 Å². The number of carbonyl (C=O) groups excluding carboxylic acids is 1. The summed E-state index contributed by atoms with van der Waals surface area (Å²) in [7, 11) is 3.16. The second kappa shape index (κ2) is 6.53. The van der Waals surface area contributed by atoms with E-state index in [1.54, 1.807) is 32.4 Å². The van der Waals surface area contributed by atoms with Crippen LogP contribution in [-0.2, 0) is 0 Å². The molecule has 0 atom stereocenters. The third-order valence-corrected chi connectivity index (χ3v) is 3.37. The molecule has 0 spiro atoms. The number of nitrogens with one attached hydrogen (secondary N) is 2. The van der Waals surface area contributed by atoms with Crippen molar-refractivity contribution in [1.82, 2.24) is 4.98 Å². The number of nitrogens with zero attached hydrogens (tertiary/aromatic N) is 1. The Morgan fingerprint density at radius 3 is 2.76 bits per heavy atom. The number of hydrogen-bond acceptors (Lipinski definition) is 4. The normalized spacial score (nSPS) is 10.1. The van der Waals surface area contributed by atoms with Crippen molar-refractivity contribution in [2.24, 2.45) is 0 Å². The Kier molecular flexibility index (Phi) is 4.74. The summed E-state index contributed by atoms with van der Waals surface area (Å²) < 4.78 is 19.1. The number of ether oxygens (including phenoxy) is 1. The summed E-state index contributed by atoms with van der Waals surface area (Å²) in [5, 5.41) is 5.43. The third-order valence-electron chi connectivity index (χ3n) is 2.75. The lowest BCUT2D eigenvalue weighted by molar-refractivity contribution is 0.102. The van der Waals surface area contributed by atoms with Crippen LogP contribution in [0.2, 0.25) is 0 Å². The molecule has 1 heterocycles. The average molecular weight is 354 g/mol. The number of halogens is 2. The second-order valence-electron chi connectivity index (χ2n) is 4.10. The van der Waals surface area contributed by atoms with Crippen LogP contribution in [-0.4, -0.2) is 25.0 Å². The fourth-order valence-electron chi connectivity index (χ4n) is 1.75. The van der Waals surface area contributed by atoms with Crippen LogP contribution in [0.3, 0.4) is 0 Å². The van der Waals surface area contributed by atoms with Gasteiger partial charge < -0.3 is 15.4 Å². The number of rotatable bonds is 4. The molecule has 0 bridgehead atoms. The van der Waals surface area contributed by atoms with E-state index in [0.29, 0.717) is 21.7 Å². The highest BCUT2D eigenvalue weighted by molar-refractivity contribution is 9.10. The van der Waals surface area contributed by atoms with Gasteiger partial charge in [0.25, 0.3) is 5.91 Å². The average Bonchev–Trinajstić information content (AvgIpc) is 2.47. The minimum absolute atomic E-state index is 0.129. The predicted octanol–water partition coefficient (Wildman–Crippen LogP) is 3.29. The van der Waals surface area contributed by atoms with E-state index in [1.165, 1.54) is 0 Å². The molecule has 2 rings (SSSR count). The third kappa shape index (κ3) is 3.49. The van der Waals surface area contributed by atoms with Crippen LogP contribution in [0, 0.1) is 5.82 Å². The Morgan fingerprint density at radius 1 is 1.38 bits per heavy atom. The van der Waals surface area contributed by atoms with Gasteiger partial charge in [0.15, 0.2) is 0 Å². The first kappa shape index (κ1) is 15.2. The molecule has 0 saturated carbocycles. The van der Waals surface area contributed by atoms with Gasteiger partial charge in [-0.05, 0) is 40.2 Å². The van der Waals surface area contributed by atoms with Crippen molar-refractivity contribution in [1.29, 1.82) is 0 Å². The predicted molar refractivity (Wildman–Crippen MR) is 82.4 cm³/mol. The summed E-state index contributed by atoms with van der Waals surface area (Å²) in [5.41, 5.74) is 0.684. The summed E-state index contributed by atoms with van der Waals surface area (Å²) in [5.74, 6) is -0.0729. The minimum atomic E-state index is -0.574. The standard InChI is InChI=1S/C14H13BrFN3O2/c1-17-13-10(5-8(16)7-18-13)14(20)19-9-3-4-12(21-2)11(15)6-9/h3-7H,1-2H3,(H,17,18)(H,19,20). The lowest BCUT2D eigenvalue weighted by atomic mass is 10.2. The molecule has 0 aliphatic carbocycles. The van der Waals surface area contributed by atoms with Crippen molar-refractivity contribution in [3.05, 3.63) is 46.3 Å². The molecule has 7 heteroatoms.